The number of amides is 1. The van der Waals surface area contributed by atoms with Crippen LogP contribution in [0.25, 0.3) is 0 Å². The molecule has 0 unspecified atom stereocenters. The number of methoxy groups -OCH3 is 1. The number of nitrogens with one attached hydrogen (secondary N) is 1. The molecule has 3 aromatic rings. The molecule has 2 aliphatic rings. The smallest absolute Gasteiger partial charge is 0.245 e. The average Bonchev–Trinajstić information content (AvgIpc) is 3.09. The SMILES string of the molecule is C=CC(=O)N1CCC(Nc2cc(C(N)=Nc3ccc(Oc4ccnc(N5CCOC[C@H]5CO)c4)cc3F)c(N=C)cc2OC)CC1. The Morgan fingerprint density at radius 2 is 1.98 bits per heavy atom. The Morgan fingerprint density at radius 3 is 2.67 bits per heavy atom. The molecule has 3 heterocycles. The molecule has 2 aromatic carbocycles. The van der Waals surface area contributed by atoms with Crippen molar-refractivity contribution < 1.29 is 28.5 Å². The second-order valence-electron chi connectivity index (χ2n) is 10.8. The Morgan fingerprint density at radius 1 is 1.20 bits per heavy atom. The summed E-state index contributed by atoms with van der Waals surface area (Å²) in [5.41, 5.74) is 7.96. The van der Waals surface area contributed by atoms with Crippen LogP contribution in [0.15, 0.2) is 71.3 Å². The van der Waals surface area contributed by atoms with Crippen LogP contribution in [0.5, 0.6) is 17.2 Å². The second-order valence-corrected chi connectivity index (χ2v) is 10.8. The number of hydrogen-bond acceptors (Lipinski definition) is 10. The van der Waals surface area contributed by atoms with Crippen LogP contribution in [0.2, 0.25) is 0 Å². The Kier molecular flexibility index (Phi) is 10.5. The van der Waals surface area contributed by atoms with E-state index < -0.39 is 5.82 Å². The summed E-state index contributed by atoms with van der Waals surface area (Å²) in [7, 11) is 1.55. The number of aliphatic imine (C=N–C) groups is 2. The fourth-order valence-corrected chi connectivity index (χ4v) is 5.48. The Labute approximate surface area is 267 Å². The summed E-state index contributed by atoms with van der Waals surface area (Å²) in [6.07, 6.45) is 4.40. The lowest BCUT2D eigenvalue weighted by atomic mass is 10.0. The molecule has 1 atom stereocenters. The standard InChI is InChI=1S/C33H38FN7O5/c1-4-32(43)40-11-8-21(9-12-40)38-29-17-25(28(36-2)18-30(29)44-3)33(35)39-27-6-5-23(15-26(27)34)46-24-7-10-37-31(16-24)41-13-14-45-20-22(41)19-42/h4-7,10,15-18,21-22,38,42H,1-2,8-9,11-14,19-20H2,3H3,(H2,35,39)/t22-/m1/s1. The van der Waals surface area contributed by atoms with E-state index in [0.29, 0.717) is 67.1 Å². The molecule has 12 nitrogen and oxygen atoms in total. The maximum atomic E-state index is 15.3. The van der Waals surface area contributed by atoms with E-state index in [1.54, 1.807) is 48.5 Å². The summed E-state index contributed by atoms with van der Waals surface area (Å²) in [6.45, 7) is 9.86. The first-order chi connectivity index (χ1) is 22.3. The number of rotatable bonds is 11. The number of likely N-dealkylation sites (tertiary alicyclic amines) is 1. The van der Waals surface area contributed by atoms with E-state index in [4.69, 9.17) is 19.9 Å². The van der Waals surface area contributed by atoms with E-state index in [0.717, 1.165) is 12.8 Å². The molecular formula is C33H38FN7O5. The first kappa shape index (κ1) is 32.4. The number of aliphatic hydroxyl groups excluding tert-OH is 1. The van der Waals surface area contributed by atoms with Crippen LogP contribution in [0.4, 0.5) is 27.3 Å². The predicted molar refractivity (Wildman–Crippen MR) is 176 cm³/mol. The van der Waals surface area contributed by atoms with Crippen LogP contribution in [0, 0.1) is 5.82 Å². The zero-order valence-corrected chi connectivity index (χ0v) is 25.7. The minimum atomic E-state index is -0.635. The topological polar surface area (TPSA) is 147 Å². The van der Waals surface area contributed by atoms with Crippen molar-refractivity contribution >= 4 is 41.3 Å². The molecule has 0 aliphatic carbocycles. The molecule has 2 saturated heterocycles. The average molecular weight is 632 g/mol. The van der Waals surface area contributed by atoms with E-state index >= 15 is 4.39 Å². The molecule has 0 saturated carbocycles. The van der Waals surface area contributed by atoms with Crippen molar-refractivity contribution in [3.63, 3.8) is 0 Å². The van der Waals surface area contributed by atoms with Crippen LogP contribution >= 0.6 is 0 Å². The van der Waals surface area contributed by atoms with E-state index in [-0.39, 0.29) is 41.9 Å². The van der Waals surface area contributed by atoms with Gasteiger partial charge >= 0.3 is 0 Å². The summed E-state index contributed by atoms with van der Waals surface area (Å²) >= 11 is 0. The highest BCUT2D eigenvalue weighted by Gasteiger charge is 2.25. The zero-order chi connectivity index (χ0) is 32.6. The number of hydrogen-bond donors (Lipinski definition) is 3. The highest BCUT2D eigenvalue weighted by atomic mass is 19.1. The van der Waals surface area contributed by atoms with E-state index in [9.17, 15) is 9.90 Å². The summed E-state index contributed by atoms with van der Waals surface area (Å²) < 4.78 is 32.3. The molecule has 0 bridgehead atoms. The van der Waals surface area contributed by atoms with E-state index in [2.05, 4.69) is 33.6 Å². The number of piperidine rings is 1. The molecule has 1 amide bonds. The largest absolute Gasteiger partial charge is 0.495 e. The third kappa shape index (κ3) is 7.44. The van der Waals surface area contributed by atoms with Gasteiger partial charge < -0.3 is 40.2 Å². The molecule has 4 N–H and O–H groups in total. The van der Waals surface area contributed by atoms with Crippen molar-refractivity contribution in [1.29, 1.82) is 0 Å². The van der Waals surface area contributed by atoms with Crippen LogP contribution in [-0.4, -0.2) is 92.1 Å². The Hall–Kier alpha value is -5.01. The summed E-state index contributed by atoms with van der Waals surface area (Å²) in [5, 5.41) is 13.2. The van der Waals surface area contributed by atoms with E-state index in [1.165, 1.54) is 18.2 Å². The molecule has 242 valence electrons. The van der Waals surface area contributed by atoms with Gasteiger partial charge in [0.05, 0.1) is 44.3 Å². The molecule has 46 heavy (non-hydrogen) atoms. The minimum Gasteiger partial charge on any atom is -0.495 e. The summed E-state index contributed by atoms with van der Waals surface area (Å²) in [6, 6.07) is 11.0. The Balaban J connectivity index is 1.33. The van der Waals surface area contributed by atoms with Crippen molar-refractivity contribution in [2.24, 2.45) is 15.7 Å². The predicted octanol–water partition coefficient (Wildman–Crippen LogP) is 4.18. The van der Waals surface area contributed by atoms with Gasteiger partial charge in [0.2, 0.25) is 5.91 Å². The number of nitrogens with zero attached hydrogens (tertiary/aromatic N) is 5. The lowest BCUT2D eigenvalue weighted by Gasteiger charge is -2.35. The van der Waals surface area contributed by atoms with Gasteiger partial charge in [-0.2, -0.15) is 0 Å². The van der Waals surface area contributed by atoms with Gasteiger partial charge in [0.25, 0.3) is 0 Å². The molecule has 0 spiro atoms. The maximum absolute atomic E-state index is 15.3. The number of benzene rings is 2. The highest BCUT2D eigenvalue weighted by molar-refractivity contribution is 6.04. The van der Waals surface area contributed by atoms with E-state index in [1.807, 2.05) is 4.90 Å². The third-order valence-electron chi connectivity index (χ3n) is 7.95. The van der Waals surface area contributed by atoms with Crippen LogP contribution < -0.4 is 25.4 Å². The number of amidine groups is 1. The first-order valence-electron chi connectivity index (χ1n) is 14.9. The lowest BCUT2D eigenvalue weighted by Crippen LogP contribution is -2.48. The van der Waals surface area contributed by atoms with Gasteiger partial charge in [0, 0.05) is 55.6 Å². The fourth-order valence-electron chi connectivity index (χ4n) is 5.48. The Bertz CT molecular complexity index is 1610. The highest BCUT2D eigenvalue weighted by Crippen LogP contribution is 2.35. The van der Waals surface area contributed by atoms with Gasteiger partial charge in [0.1, 0.15) is 34.6 Å². The summed E-state index contributed by atoms with van der Waals surface area (Å²) in [5.74, 6) is 1.21. The number of aliphatic hydroxyl groups is 1. The molecular weight excluding hydrogens is 593 g/mol. The van der Waals surface area contributed by atoms with Crippen LogP contribution in [-0.2, 0) is 9.53 Å². The molecule has 5 rings (SSSR count). The number of aromatic nitrogens is 1. The second kappa shape index (κ2) is 14.8. The van der Waals surface area contributed by atoms with Gasteiger partial charge in [-0.3, -0.25) is 9.79 Å². The zero-order valence-electron chi connectivity index (χ0n) is 25.7. The number of halogens is 1. The number of carbonyl (C=O) groups is 1. The van der Waals surface area contributed by atoms with Gasteiger partial charge in [-0.1, -0.05) is 6.58 Å². The van der Waals surface area contributed by atoms with Crippen molar-refractivity contribution in [2.45, 2.75) is 24.9 Å². The number of pyridine rings is 1. The summed E-state index contributed by atoms with van der Waals surface area (Å²) in [4.78, 5) is 28.5. The van der Waals surface area contributed by atoms with Crippen molar-refractivity contribution in [2.75, 3.05) is 56.8 Å². The quantitative estimate of drug-likeness (QED) is 0.161. The minimum absolute atomic E-state index is 0.0129. The van der Waals surface area contributed by atoms with Gasteiger partial charge in [-0.15, -0.1) is 0 Å². The van der Waals surface area contributed by atoms with Crippen LogP contribution in [0.1, 0.15) is 18.4 Å². The molecule has 2 fully saturated rings. The number of morpholine rings is 1. The number of anilines is 2. The van der Waals surface area contributed by atoms with Crippen molar-refractivity contribution in [1.82, 2.24) is 9.88 Å². The van der Waals surface area contributed by atoms with Gasteiger partial charge in [0.15, 0.2) is 5.82 Å². The van der Waals surface area contributed by atoms with Crippen molar-refractivity contribution in [3.05, 3.63) is 72.7 Å². The van der Waals surface area contributed by atoms with Gasteiger partial charge in [-0.05, 0) is 49.9 Å². The monoisotopic (exact) mass is 631 g/mol. The van der Waals surface area contributed by atoms with Crippen LogP contribution in [0.3, 0.4) is 0 Å². The fraction of sp³-hybridized carbons (Fsp3) is 0.333. The lowest BCUT2D eigenvalue weighted by molar-refractivity contribution is -0.126. The third-order valence-corrected chi connectivity index (χ3v) is 7.95. The normalized spacial score (nSPS) is 17.4. The molecule has 1 aromatic heterocycles. The number of ether oxygens (including phenoxy) is 3. The first-order valence-corrected chi connectivity index (χ1v) is 14.9. The maximum Gasteiger partial charge on any atom is 0.245 e. The number of carbonyl (C=O) groups excluding carboxylic acids is 1. The van der Waals surface area contributed by atoms with Gasteiger partial charge in [-0.25, -0.2) is 14.4 Å². The number of nitrogens with two attached hydrogens (primary N) is 1. The molecule has 2 aliphatic heterocycles. The van der Waals surface area contributed by atoms with Crippen molar-refractivity contribution in [3.8, 4) is 17.2 Å². The molecule has 0 radical (unpaired) electrons. The molecule has 13 heteroatoms.